The summed E-state index contributed by atoms with van der Waals surface area (Å²) < 4.78 is 5.26. The molecule has 0 saturated carbocycles. The van der Waals surface area contributed by atoms with Crippen molar-refractivity contribution in [2.45, 2.75) is 110 Å². The molecule has 3 atom stereocenters. The monoisotopic (exact) mass is 483 g/mol. The Bertz CT molecular complexity index is 725. The number of piperidine rings is 1. The number of nitrogens with zero attached hydrogens (tertiary/aromatic N) is 2. The first-order chi connectivity index (χ1) is 16.1. The van der Waals surface area contributed by atoms with Crippen molar-refractivity contribution in [3.05, 3.63) is 0 Å². The number of ether oxygens (including phenoxy) is 1. The van der Waals surface area contributed by atoms with E-state index in [-0.39, 0.29) is 30.4 Å². The van der Waals surface area contributed by atoms with Crippen molar-refractivity contribution in [1.82, 2.24) is 26.1 Å². The number of rotatable bonds is 11. The van der Waals surface area contributed by atoms with Crippen molar-refractivity contribution < 1.29 is 28.8 Å². The number of amides is 5. The van der Waals surface area contributed by atoms with Crippen LogP contribution in [0.25, 0.3) is 0 Å². The van der Waals surface area contributed by atoms with Crippen LogP contribution in [0.15, 0.2) is 0 Å². The molecule has 2 aliphatic heterocycles. The molecule has 2 heterocycles. The molecule has 34 heavy (non-hydrogen) atoms. The summed E-state index contributed by atoms with van der Waals surface area (Å²) in [6.45, 7) is 10.3. The molecule has 2 aliphatic rings. The van der Waals surface area contributed by atoms with Gasteiger partial charge in [0.15, 0.2) is 0 Å². The van der Waals surface area contributed by atoms with Crippen LogP contribution in [0.3, 0.4) is 0 Å². The van der Waals surface area contributed by atoms with E-state index in [1.54, 1.807) is 20.8 Å². The molecule has 0 spiro atoms. The van der Waals surface area contributed by atoms with E-state index in [1.807, 2.05) is 6.92 Å². The number of nitrogens with one attached hydrogen (secondary N) is 3. The first-order valence-corrected chi connectivity index (χ1v) is 12.4. The maximum Gasteiger partial charge on any atom is 0.407 e. The van der Waals surface area contributed by atoms with E-state index in [1.165, 1.54) is 9.96 Å². The van der Waals surface area contributed by atoms with Gasteiger partial charge in [0, 0.05) is 19.0 Å². The number of fused-ring (bicyclic) bond motifs is 2. The number of carbonyl (C=O) groups excluding carboxylic acids is 4. The van der Waals surface area contributed by atoms with Gasteiger partial charge in [-0.15, -0.1) is 0 Å². The molecule has 2 fully saturated rings. The Morgan fingerprint density at radius 3 is 2.50 bits per heavy atom. The normalized spacial score (nSPS) is 20.7. The van der Waals surface area contributed by atoms with Crippen LogP contribution in [0.5, 0.6) is 0 Å². The molecule has 3 N–H and O–H groups in total. The molecule has 2 rings (SSSR count). The smallest absolute Gasteiger partial charge is 0.407 e. The third-order valence-corrected chi connectivity index (χ3v) is 5.85. The van der Waals surface area contributed by atoms with Crippen molar-refractivity contribution in [2.24, 2.45) is 0 Å². The summed E-state index contributed by atoms with van der Waals surface area (Å²) >= 11 is 0. The minimum Gasteiger partial charge on any atom is -0.444 e. The number of hydrogen-bond acceptors (Lipinski definition) is 6. The van der Waals surface area contributed by atoms with Gasteiger partial charge in [0.25, 0.3) is 5.91 Å². The van der Waals surface area contributed by atoms with Gasteiger partial charge in [-0.25, -0.2) is 9.59 Å². The van der Waals surface area contributed by atoms with Gasteiger partial charge in [0.1, 0.15) is 11.6 Å². The zero-order valence-electron chi connectivity index (χ0n) is 21.1. The molecule has 0 aromatic rings. The van der Waals surface area contributed by atoms with E-state index in [9.17, 15) is 19.2 Å². The summed E-state index contributed by atoms with van der Waals surface area (Å²) in [5.41, 5.74) is 4.32. The lowest BCUT2D eigenvalue weighted by Gasteiger charge is -2.29. The molecule has 0 aromatic heterocycles. The summed E-state index contributed by atoms with van der Waals surface area (Å²) in [5.74, 6) is -0.736. The topological polar surface area (TPSA) is 129 Å². The highest BCUT2D eigenvalue weighted by Crippen LogP contribution is 2.30. The van der Waals surface area contributed by atoms with Crippen LogP contribution < -0.4 is 16.2 Å². The summed E-state index contributed by atoms with van der Waals surface area (Å²) in [4.78, 5) is 56.5. The minimum atomic E-state index is -0.633. The van der Waals surface area contributed by atoms with Crippen molar-refractivity contribution >= 4 is 23.9 Å². The standard InChI is InChI=1S/C23H41N5O6/c1-6-8-14-33-28-17-12-13-18(27(15-17)22(28)32)20(30)26-25-19(29)11-9-10-16(7-2)24-21(31)34-23(3,4)5/h16-18H,6-15H2,1-5H3,(H,24,31)(H,25,29)(H,26,30)/t16-,17+,18+/m1/s1. The van der Waals surface area contributed by atoms with Crippen LogP contribution in [0.1, 0.15) is 86.0 Å². The van der Waals surface area contributed by atoms with Crippen LogP contribution in [0, 0.1) is 0 Å². The van der Waals surface area contributed by atoms with Crippen molar-refractivity contribution in [3.8, 4) is 0 Å². The number of carbonyl (C=O) groups is 4. The maximum absolute atomic E-state index is 12.6. The molecule has 2 bridgehead atoms. The van der Waals surface area contributed by atoms with Gasteiger partial charge < -0.3 is 15.0 Å². The van der Waals surface area contributed by atoms with Crippen LogP contribution in [-0.4, -0.2) is 70.8 Å². The Hall–Kier alpha value is -2.56. The van der Waals surface area contributed by atoms with Crippen LogP contribution in [-0.2, 0) is 19.2 Å². The van der Waals surface area contributed by atoms with E-state index < -0.39 is 23.6 Å². The third-order valence-electron chi connectivity index (χ3n) is 5.85. The van der Waals surface area contributed by atoms with Crippen LogP contribution in [0.4, 0.5) is 9.59 Å². The highest BCUT2D eigenvalue weighted by Gasteiger charge is 2.47. The molecule has 0 radical (unpaired) electrons. The summed E-state index contributed by atoms with van der Waals surface area (Å²) in [7, 11) is 0. The van der Waals surface area contributed by atoms with Crippen LogP contribution in [0.2, 0.25) is 0 Å². The summed E-state index contributed by atoms with van der Waals surface area (Å²) in [5, 5.41) is 4.21. The van der Waals surface area contributed by atoms with Gasteiger partial charge in [-0.3, -0.25) is 25.3 Å². The lowest BCUT2D eigenvalue weighted by atomic mass is 10.0. The second-order valence-corrected chi connectivity index (χ2v) is 9.88. The van der Waals surface area contributed by atoms with Crippen molar-refractivity contribution in [3.63, 3.8) is 0 Å². The molecular formula is C23H41N5O6. The highest BCUT2D eigenvalue weighted by atomic mass is 16.7. The first-order valence-electron chi connectivity index (χ1n) is 12.4. The number of hydroxylamine groups is 2. The predicted molar refractivity (Wildman–Crippen MR) is 125 cm³/mol. The molecule has 5 amide bonds. The zero-order chi connectivity index (χ0) is 25.3. The fraction of sp³-hybridized carbons (Fsp3) is 0.826. The van der Waals surface area contributed by atoms with E-state index in [2.05, 4.69) is 23.1 Å². The fourth-order valence-electron chi connectivity index (χ4n) is 4.02. The molecule has 0 aromatic carbocycles. The van der Waals surface area contributed by atoms with Gasteiger partial charge in [-0.1, -0.05) is 20.3 Å². The fourth-order valence-corrected chi connectivity index (χ4v) is 4.02. The second-order valence-electron chi connectivity index (χ2n) is 9.88. The van der Waals surface area contributed by atoms with E-state index in [4.69, 9.17) is 9.57 Å². The minimum absolute atomic E-state index is 0.0381. The average molecular weight is 484 g/mol. The largest absolute Gasteiger partial charge is 0.444 e. The number of hydrogen-bond donors (Lipinski definition) is 3. The molecule has 11 heteroatoms. The highest BCUT2D eigenvalue weighted by molar-refractivity contribution is 5.90. The second kappa shape index (κ2) is 12.8. The maximum atomic E-state index is 12.6. The number of unbranched alkanes of at least 4 members (excludes halogenated alkanes) is 1. The van der Waals surface area contributed by atoms with E-state index in [0.717, 1.165) is 12.8 Å². The summed E-state index contributed by atoms with van der Waals surface area (Å²) in [6.07, 6.45) is 4.60. The van der Waals surface area contributed by atoms with Gasteiger partial charge in [0.2, 0.25) is 5.91 Å². The Balaban J connectivity index is 1.70. The van der Waals surface area contributed by atoms with E-state index in [0.29, 0.717) is 45.3 Å². The average Bonchev–Trinajstić information content (AvgIpc) is 3.00. The lowest BCUT2D eigenvalue weighted by Crippen LogP contribution is -2.54. The Morgan fingerprint density at radius 2 is 1.85 bits per heavy atom. The first kappa shape index (κ1) is 27.7. The molecular weight excluding hydrogens is 442 g/mol. The number of urea groups is 1. The SMILES string of the molecule is CCCCON1C(=O)N2C[C@@H]1CC[C@H]2C(=O)NNC(=O)CCC[C@@H](CC)NC(=O)OC(C)(C)C. The van der Waals surface area contributed by atoms with E-state index >= 15 is 0 Å². The molecule has 0 unspecified atom stereocenters. The van der Waals surface area contributed by atoms with Gasteiger partial charge >= 0.3 is 12.1 Å². The lowest BCUT2D eigenvalue weighted by molar-refractivity contribution is -0.132. The van der Waals surface area contributed by atoms with Gasteiger partial charge in [-0.05, 0) is 59.3 Å². The van der Waals surface area contributed by atoms with Crippen LogP contribution >= 0.6 is 0 Å². The molecule has 11 nitrogen and oxygen atoms in total. The zero-order valence-corrected chi connectivity index (χ0v) is 21.1. The Kier molecular flexibility index (Phi) is 10.4. The molecule has 2 saturated heterocycles. The molecule has 0 aliphatic carbocycles. The van der Waals surface area contributed by atoms with Gasteiger partial charge in [0.05, 0.1) is 12.6 Å². The van der Waals surface area contributed by atoms with Crippen molar-refractivity contribution in [2.75, 3.05) is 13.2 Å². The van der Waals surface area contributed by atoms with Gasteiger partial charge in [-0.2, -0.15) is 5.06 Å². The van der Waals surface area contributed by atoms with Crippen molar-refractivity contribution in [1.29, 1.82) is 0 Å². The quantitative estimate of drug-likeness (QED) is 0.306. The predicted octanol–water partition coefficient (Wildman–Crippen LogP) is 2.61. The summed E-state index contributed by atoms with van der Waals surface area (Å²) in [6, 6.07) is -1.07. The Labute approximate surface area is 202 Å². The Morgan fingerprint density at radius 1 is 1.12 bits per heavy atom. The number of hydrazine groups is 1. The number of alkyl carbamates (subject to hydrolysis) is 1. The third kappa shape index (κ3) is 8.34. The molecule has 194 valence electrons.